The number of hydrogen-bond acceptors (Lipinski definition) is 2. The summed E-state index contributed by atoms with van der Waals surface area (Å²) in [5.41, 5.74) is 6.65. The normalized spacial score (nSPS) is 22.8. The van der Waals surface area contributed by atoms with Crippen LogP contribution in [-0.4, -0.2) is 6.04 Å². The SMILES string of the molecule is N[C@H]1C[C@@H]1c1ccc(-c2ccc(Cl)cc2Cl)o1. The van der Waals surface area contributed by atoms with Crippen molar-refractivity contribution in [2.45, 2.75) is 18.4 Å². The van der Waals surface area contributed by atoms with Gasteiger partial charge in [0.25, 0.3) is 0 Å². The summed E-state index contributed by atoms with van der Waals surface area (Å²) in [6.45, 7) is 0. The first-order chi connectivity index (χ1) is 8.15. The van der Waals surface area contributed by atoms with Crippen LogP contribution in [0.15, 0.2) is 34.7 Å². The molecule has 0 spiro atoms. The summed E-state index contributed by atoms with van der Waals surface area (Å²) in [5.74, 6) is 2.08. The Morgan fingerprint density at radius 3 is 2.59 bits per heavy atom. The molecule has 2 atom stereocenters. The van der Waals surface area contributed by atoms with Crippen molar-refractivity contribution in [3.63, 3.8) is 0 Å². The van der Waals surface area contributed by atoms with Gasteiger partial charge in [-0.3, -0.25) is 0 Å². The van der Waals surface area contributed by atoms with Crippen LogP contribution in [0.4, 0.5) is 0 Å². The molecule has 2 N–H and O–H groups in total. The van der Waals surface area contributed by atoms with Crippen molar-refractivity contribution in [2.75, 3.05) is 0 Å². The fraction of sp³-hybridized carbons (Fsp3) is 0.231. The number of hydrogen-bond donors (Lipinski definition) is 1. The van der Waals surface area contributed by atoms with Crippen LogP contribution in [0.2, 0.25) is 10.0 Å². The second-order valence-corrected chi connectivity index (χ2v) is 5.18. The molecule has 17 heavy (non-hydrogen) atoms. The minimum Gasteiger partial charge on any atom is -0.461 e. The molecule has 0 amide bonds. The molecule has 4 heteroatoms. The van der Waals surface area contributed by atoms with Crippen LogP contribution >= 0.6 is 23.2 Å². The van der Waals surface area contributed by atoms with Gasteiger partial charge in [0.05, 0.1) is 5.02 Å². The Balaban J connectivity index is 1.95. The Morgan fingerprint density at radius 1 is 1.18 bits per heavy atom. The van der Waals surface area contributed by atoms with Crippen molar-refractivity contribution < 1.29 is 4.42 Å². The number of rotatable bonds is 2. The minimum atomic E-state index is 0.245. The van der Waals surface area contributed by atoms with E-state index in [4.69, 9.17) is 33.4 Å². The van der Waals surface area contributed by atoms with Crippen LogP contribution in [0, 0.1) is 0 Å². The van der Waals surface area contributed by atoms with Crippen molar-refractivity contribution in [1.82, 2.24) is 0 Å². The number of furan rings is 1. The Labute approximate surface area is 109 Å². The van der Waals surface area contributed by atoms with Crippen molar-refractivity contribution >= 4 is 23.2 Å². The quantitative estimate of drug-likeness (QED) is 0.891. The van der Waals surface area contributed by atoms with E-state index in [1.807, 2.05) is 18.2 Å². The predicted octanol–water partition coefficient (Wildman–Crippen LogP) is 4.07. The molecule has 3 rings (SSSR count). The van der Waals surface area contributed by atoms with Gasteiger partial charge in [-0.15, -0.1) is 0 Å². The van der Waals surface area contributed by atoms with Gasteiger partial charge in [0.2, 0.25) is 0 Å². The van der Waals surface area contributed by atoms with E-state index in [9.17, 15) is 0 Å². The Morgan fingerprint density at radius 2 is 1.94 bits per heavy atom. The second kappa shape index (κ2) is 4.05. The highest BCUT2D eigenvalue weighted by molar-refractivity contribution is 6.36. The first kappa shape index (κ1) is 11.1. The standard InChI is InChI=1S/C13H11Cl2NO/c14-7-1-2-8(10(15)5-7)12-3-4-13(17-12)9-6-11(9)16/h1-5,9,11H,6,16H2/t9-,11-/m0/s1. The maximum Gasteiger partial charge on any atom is 0.135 e. The van der Waals surface area contributed by atoms with E-state index in [0.29, 0.717) is 16.0 Å². The summed E-state index contributed by atoms with van der Waals surface area (Å²) >= 11 is 12.0. The van der Waals surface area contributed by atoms with Crippen LogP contribution in [0.5, 0.6) is 0 Å². The molecule has 0 aliphatic heterocycles. The Hall–Kier alpha value is -0.960. The van der Waals surface area contributed by atoms with E-state index in [1.54, 1.807) is 12.1 Å². The third-order valence-corrected chi connectivity index (χ3v) is 3.58. The summed E-state index contributed by atoms with van der Waals surface area (Å²) < 4.78 is 5.78. The molecular formula is C13H11Cl2NO. The Kier molecular flexibility index (Phi) is 2.66. The molecule has 1 fully saturated rings. The number of nitrogens with two attached hydrogens (primary N) is 1. The maximum atomic E-state index is 6.13. The third-order valence-electron chi connectivity index (χ3n) is 3.03. The Bertz CT molecular complexity index is 564. The molecule has 1 aromatic heterocycles. The molecular weight excluding hydrogens is 257 g/mol. The monoisotopic (exact) mass is 267 g/mol. The lowest BCUT2D eigenvalue weighted by Crippen LogP contribution is -2.00. The smallest absolute Gasteiger partial charge is 0.135 e. The van der Waals surface area contributed by atoms with E-state index in [0.717, 1.165) is 23.5 Å². The van der Waals surface area contributed by atoms with Gasteiger partial charge in [-0.2, -0.15) is 0 Å². The van der Waals surface area contributed by atoms with Crippen LogP contribution in [-0.2, 0) is 0 Å². The largest absolute Gasteiger partial charge is 0.461 e. The average Bonchev–Trinajstić information content (AvgIpc) is 2.83. The van der Waals surface area contributed by atoms with Gasteiger partial charge in [0.1, 0.15) is 11.5 Å². The lowest BCUT2D eigenvalue weighted by Gasteiger charge is -2.01. The molecule has 2 aromatic rings. The molecule has 0 radical (unpaired) electrons. The van der Waals surface area contributed by atoms with Crippen molar-refractivity contribution in [1.29, 1.82) is 0 Å². The van der Waals surface area contributed by atoms with Gasteiger partial charge in [0.15, 0.2) is 0 Å². The zero-order valence-electron chi connectivity index (χ0n) is 8.99. The van der Waals surface area contributed by atoms with Crippen molar-refractivity contribution in [2.24, 2.45) is 5.73 Å². The van der Waals surface area contributed by atoms with E-state index in [2.05, 4.69) is 0 Å². The van der Waals surface area contributed by atoms with E-state index in [-0.39, 0.29) is 6.04 Å². The summed E-state index contributed by atoms with van der Waals surface area (Å²) in [5, 5.41) is 1.22. The lowest BCUT2D eigenvalue weighted by atomic mass is 10.2. The molecule has 1 aromatic carbocycles. The highest BCUT2D eigenvalue weighted by atomic mass is 35.5. The van der Waals surface area contributed by atoms with E-state index in [1.165, 1.54) is 0 Å². The van der Waals surface area contributed by atoms with Crippen LogP contribution in [0.3, 0.4) is 0 Å². The molecule has 88 valence electrons. The van der Waals surface area contributed by atoms with Crippen molar-refractivity contribution in [3.05, 3.63) is 46.1 Å². The zero-order valence-corrected chi connectivity index (χ0v) is 10.5. The van der Waals surface area contributed by atoms with Gasteiger partial charge in [-0.25, -0.2) is 0 Å². The van der Waals surface area contributed by atoms with Crippen LogP contribution < -0.4 is 5.73 Å². The summed E-state index contributed by atoms with van der Waals surface area (Å²) in [7, 11) is 0. The van der Waals surface area contributed by atoms with Crippen molar-refractivity contribution in [3.8, 4) is 11.3 Å². The summed E-state index contributed by atoms with van der Waals surface area (Å²) in [6.07, 6.45) is 1.00. The van der Waals surface area contributed by atoms with E-state index < -0.39 is 0 Å². The molecule has 0 unspecified atom stereocenters. The van der Waals surface area contributed by atoms with Gasteiger partial charge in [-0.1, -0.05) is 23.2 Å². The zero-order chi connectivity index (χ0) is 12.0. The van der Waals surface area contributed by atoms with Gasteiger partial charge < -0.3 is 10.2 Å². The topological polar surface area (TPSA) is 39.2 Å². The third kappa shape index (κ3) is 2.08. The summed E-state index contributed by atoms with van der Waals surface area (Å²) in [4.78, 5) is 0. The molecule has 0 saturated heterocycles. The first-order valence-corrected chi connectivity index (χ1v) is 6.21. The average molecular weight is 268 g/mol. The second-order valence-electron chi connectivity index (χ2n) is 4.33. The molecule has 1 heterocycles. The maximum absolute atomic E-state index is 6.13. The number of halogens is 2. The number of benzene rings is 1. The fourth-order valence-electron chi connectivity index (χ4n) is 1.93. The fourth-order valence-corrected chi connectivity index (χ4v) is 2.43. The molecule has 1 aliphatic carbocycles. The van der Waals surface area contributed by atoms with Gasteiger partial charge in [0, 0.05) is 22.5 Å². The van der Waals surface area contributed by atoms with Gasteiger partial charge in [-0.05, 0) is 36.8 Å². The molecule has 2 nitrogen and oxygen atoms in total. The van der Waals surface area contributed by atoms with Gasteiger partial charge >= 0.3 is 0 Å². The minimum absolute atomic E-state index is 0.245. The van der Waals surface area contributed by atoms with Crippen LogP contribution in [0.25, 0.3) is 11.3 Å². The molecule has 0 bridgehead atoms. The highest BCUT2D eigenvalue weighted by Gasteiger charge is 2.37. The van der Waals surface area contributed by atoms with Crippen LogP contribution in [0.1, 0.15) is 18.1 Å². The summed E-state index contributed by atoms with van der Waals surface area (Å²) in [6, 6.07) is 9.51. The lowest BCUT2D eigenvalue weighted by molar-refractivity contribution is 0.522. The first-order valence-electron chi connectivity index (χ1n) is 5.46. The van der Waals surface area contributed by atoms with E-state index >= 15 is 0 Å². The molecule has 1 aliphatic rings. The predicted molar refractivity (Wildman–Crippen MR) is 69.5 cm³/mol. The highest BCUT2D eigenvalue weighted by Crippen LogP contribution is 2.42. The molecule has 1 saturated carbocycles.